The van der Waals surface area contributed by atoms with Gasteiger partial charge in [0.15, 0.2) is 0 Å². The van der Waals surface area contributed by atoms with Crippen molar-refractivity contribution < 1.29 is 14.8 Å². The van der Waals surface area contributed by atoms with E-state index in [9.17, 15) is 10.0 Å². The molecule has 0 radical (unpaired) electrons. The zero-order valence-corrected chi connectivity index (χ0v) is 13.6. The van der Waals surface area contributed by atoms with Gasteiger partial charge in [0, 0.05) is 10.5 Å². The molecule has 2 aromatic carbocycles. The van der Waals surface area contributed by atoms with Crippen molar-refractivity contribution in [3.8, 4) is 0 Å². The van der Waals surface area contributed by atoms with Crippen molar-refractivity contribution in [1.82, 2.24) is 0 Å². The van der Waals surface area contributed by atoms with Crippen LogP contribution in [0.3, 0.4) is 0 Å². The van der Waals surface area contributed by atoms with Crippen LogP contribution in [0.2, 0.25) is 10.0 Å². The molecule has 3 N–H and O–H groups in total. The first-order chi connectivity index (χ1) is 10.5. The van der Waals surface area contributed by atoms with Crippen LogP contribution in [0.15, 0.2) is 42.5 Å². The van der Waals surface area contributed by atoms with Crippen LogP contribution in [0.1, 0.15) is 5.56 Å². The lowest BCUT2D eigenvalue weighted by Crippen LogP contribution is -2.31. The molecule has 0 atom stereocenters. The maximum atomic E-state index is 9.24. The van der Waals surface area contributed by atoms with Crippen LogP contribution in [0.25, 0.3) is 0 Å². The van der Waals surface area contributed by atoms with Gasteiger partial charge in [0.05, 0.1) is 10.7 Å². The maximum Gasteiger partial charge on any atom is 0.490 e. The summed E-state index contributed by atoms with van der Waals surface area (Å²) in [4.78, 5) is 0. The van der Waals surface area contributed by atoms with E-state index >= 15 is 0 Å². The molecule has 4 nitrogen and oxygen atoms in total. The molecule has 0 amide bonds. The highest BCUT2D eigenvalue weighted by molar-refractivity contribution is 7.80. The van der Waals surface area contributed by atoms with E-state index in [1.165, 1.54) is 12.1 Å². The van der Waals surface area contributed by atoms with E-state index in [4.69, 9.17) is 40.2 Å². The summed E-state index contributed by atoms with van der Waals surface area (Å²) < 4.78 is 5.42. The Hall–Kier alpha value is -1.31. The molecule has 0 saturated heterocycles. The summed E-state index contributed by atoms with van der Waals surface area (Å²) in [6.07, 6.45) is 0. The molecular formula is C14H12BCl2NO3S. The lowest BCUT2D eigenvalue weighted by atomic mass is 9.80. The normalized spacial score (nSPS) is 10.2. The summed E-state index contributed by atoms with van der Waals surface area (Å²) in [6, 6.07) is 12.4. The van der Waals surface area contributed by atoms with E-state index in [-0.39, 0.29) is 15.7 Å². The number of hydrogen-bond acceptors (Lipinski definition) is 4. The fraction of sp³-hybridized carbons (Fsp3) is 0.0714. The summed E-state index contributed by atoms with van der Waals surface area (Å²) >= 11 is 17.0. The predicted octanol–water partition coefficient (Wildman–Crippen LogP) is 2.59. The van der Waals surface area contributed by atoms with Gasteiger partial charge >= 0.3 is 7.12 Å². The Morgan fingerprint density at radius 1 is 1.14 bits per heavy atom. The van der Waals surface area contributed by atoms with Gasteiger partial charge in [-0.3, -0.25) is 0 Å². The molecule has 114 valence electrons. The SMILES string of the molecule is OB(O)c1cc(NC(=S)OCc2ccccc2)c(Cl)cc1Cl. The van der Waals surface area contributed by atoms with Gasteiger partial charge in [-0.05, 0) is 29.9 Å². The lowest BCUT2D eigenvalue weighted by molar-refractivity contribution is 0.300. The maximum absolute atomic E-state index is 9.24. The molecule has 2 rings (SSSR count). The van der Waals surface area contributed by atoms with Crippen LogP contribution in [-0.2, 0) is 11.3 Å². The first-order valence-electron chi connectivity index (χ1n) is 6.30. The molecule has 0 spiro atoms. The minimum Gasteiger partial charge on any atom is -0.466 e. The number of rotatable bonds is 4. The quantitative estimate of drug-likeness (QED) is 0.581. The number of hydrogen-bond donors (Lipinski definition) is 3. The molecule has 0 fully saturated rings. The Morgan fingerprint density at radius 3 is 2.45 bits per heavy atom. The highest BCUT2D eigenvalue weighted by Crippen LogP contribution is 2.24. The first kappa shape index (κ1) is 17.1. The van der Waals surface area contributed by atoms with E-state index in [0.29, 0.717) is 17.3 Å². The average molecular weight is 356 g/mol. The third-order valence-electron chi connectivity index (χ3n) is 2.81. The zero-order chi connectivity index (χ0) is 16.1. The van der Waals surface area contributed by atoms with Gasteiger partial charge in [0.2, 0.25) is 0 Å². The van der Waals surface area contributed by atoms with E-state index in [0.717, 1.165) is 5.56 Å². The van der Waals surface area contributed by atoms with Crippen molar-refractivity contribution >= 4 is 58.9 Å². The molecule has 0 aliphatic rings. The summed E-state index contributed by atoms with van der Waals surface area (Å²) in [5, 5.41) is 21.8. The fourth-order valence-electron chi connectivity index (χ4n) is 1.73. The summed E-state index contributed by atoms with van der Waals surface area (Å²) in [5.41, 5.74) is 1.48. The Kier molecular flexibility index (Phi) is 6.05. The van der Waals surface area contributed by atoms with Gasteiger partial charge in [-0.15, -0.1) is 0 Å². The number of halogens is 2. The van der Waals surface area contributed by atoms with Crippen molar-refractivity contribution in [2.75, 3.05) is 5.32 Å². The van der Waals surface area contributed by atoms with Crippen molar-refractivity contribution in [2.45, 2.75) is 6.61 Å². The summed E-state index contributed by atoms with van der Waals surface area (Å²) in [5.74, 6) is 0. The van der Waals surface area contributed by atoms with E-state index < -0.39 is 7.12 Å². The second-order valence-electron chi connectivity index (χ2n) is 4.41. The number of anilines is 1. The highest BCUT2D eigenvalue weighted by atomic mass is 35.5. The van der Waals surface area contributed by atoms with Crippen LogP contribution in [0, 0.1) is 0 Å². The fourth-order valence-corrected chi connectivity index (χ4v) is 2.43. The van der Waals surface area contributed by atoms with Gasteiger partial charge in [0.1, 0.15) is 6.61 Å². The van der Waals surface area contributed by atoms with Gasteiger partial charge < -0.3 is 20.1 Å². The Morgan fingerprint density at radius 2 is 1.82 bits per heavy atom. The van der Waals surface area contributed by atoms with E-state index in [1.807, 2.05) is 30.3 Å². The van der Waals surface area contributed by atoms with Crippen LogP contribution < -0.4 is 10.8 Å². The van der Waals surface area contributed by atoms with Crippen LogP contribution in [0.5, 0.6) is 0 Å². The van der Waals surface area contributed by atoms with Crippen molar-refractivity contribution in [3.63, 3.8) is 0 Å². The molecule has 0 unspecified atom stereocenters. The van der Waals surface area contributed by atoms with Gasteiger partial charge in [-0.1, -0.05) is 53.5 Å². The van der Waals surface area contributed by atoms with E-state index in [2.05, 4.69) is 5.32 Å². The van der Waals surface area contributed by atoms with Crippen molar-refractivity contribution in [2.24, 2.45) is 0 Å². The van der Waals surface area contributed by atoms with Crippen LogP contribution >= 0.6 is 35.4 Å². The molecule has 0 saturated carbocycles. The Balaban J connectivity index is 2.03. The number of nitrogens with one attached hydrogen (secondary N) is 1. The summed E-state index contributed by atoms with van der Waals surface area (Å²) in [6.45, 7) is 0.313. The second kappa shape index (κ2) is 7.81. The first-order valence-corrected chi connectivity index (χ1v) is 7.46. The molecule has 8 heteroatoms. The largest absolute Gasteiger partial charge is 0.490 e. The molecule has 0 bridgehead atoms. The molecule has 0 aliphatic carbocycles. The monoisotopic (exact) mass is 355 g/mol. The summed E-state index contributed by atoms with van der Waals surface area (Å²) in [7, 11) is -1.70. The van der Waals surface area contributed by atoms with Crippen molar-refractivity contribution in [1.29, 1.82) is 0 Å². The Bertz CT molecular complexity index is 671. The van der Waals surface area contributed by atoms with Crippen LogP contribution in [0.4, 0.5) is 5.69 Å². The smallest absolute Gasteiger partial charge is 0.466 e. The van der Waals surface area contributed by atoms with Gasteiger partial charge in [-0.2, -0.15) is 0 Å². The highest BCUT2D eigenvalue weighted by Gasteiger charge is 2.18. The third-order valence-corrected chi connectivity index (χ3v) is 3.67. The minimum atomic E-state index is -1.70. The number of benzene rings is 2. The third kappa shape index (κ3) is 4.59. The average Bonchev–Trinajstić information content (AvgIpc) is 2.48. The van der Waals surface area contributed by atoms with Crippen LogP contribution in [-0.4, -0.2) is 22.3 Å². The molecule has 22 heavy (non-hydrogen) atoms. The molecular weight excluding hydrogens is 344 g/mol. The lowest BCUT2D eigenvalue weighted by Gasteiger charge is -2.13. The topological polar surface area (TPSA) is 61.7 Å². The molecule has 0 heterocycles. The Labute approximate surface area is 143 Å². The minimum absolute atomic E-state index is 0.117. The van der Waals surface area contributed by atoms with E-state index in [1.54, 1.807) is 0 Å². The second-order valence-corrected chi connectivity index (χ2v) is 5.60. The predicted molar refractivity (Wildman–Crippen MR) is 93.7 cm³/mol. The van der Waals surface area contributed by atoms with Gasteiger partial charge in [0.25, 0.3) is 5.17 Å². The standard InChI is InChI=1S/C14H12BCl2NO3S/c16-11-7-12(17)13(6-10(11)15(19)20)18-14(22)21-8-9-4-2-1-3-5-9/h1-7,19-20H,8H2,(H,18,22). The number of thiocarbonyl (C=S) groups is 1. The molecule has 2 aromatic rings. The number of ether oxygens (including phenoxy) is 1. The molecule has 0 aliphatic heterocycles. The zero-order valence-electron chi connectivity index (χ0n) is 11.3. The van der Waals surface area contributed by atoms with Gasteiger partial charge in [-0.25, -0.2) is 0 Å². The molecule has 0 aromatic heterocycles. The van der Waals surface area contributed by atoms with Crippen molar-refractivity contribution in [3.05, 3.63) is 58.1 Å².